The summed E-state index contributed by atoms with van der Waals surface area (Å²) in [5.41, 5.74) is 3.76. The highest BCUT2D eigenvalue weighted by Gasteiger charge is 2.11. The fourth-order valence-electron chi connectivity index (χ4n) is 1.48. The summed E-state index contributed by atoms with van der Waals surface area (Å²) in [6, 6.07) is 10.1. The number of rotatable bonds is 2. The summed E-state index contributed by atoms with van der Waals surface area (Å²) < 4.78 is 0. The Hall–Kier alpha value is -2.69. The summed E-state index contributed by atoms with van der Waals surface area (Å²) >= 11 is 0. The molecule has 0 unspecified atom stereocenters. The molecule has 2 aromatic rings. The second-order valence-electron chi connectivity index (χ2n) is 3.93. The summed E-state index contributed by atoms with van der Waals surface area (Å²) in [5, 5.41) is 0. The van der Waals surface area contributed by atoms with Crippen LogP contribution in [0.2, 0.25) is 0 Å². The van der Waals surface area contributed by atoms with E-state index in [4.69, 9.17) is 4.84 Å². The van der Waals surface area contributed by atoms with Crippen LogP contribution in [-0.2, 0) is 4.84 Å². The average Bonchev–Trinajstić information content (AvgIpc) is 2.45. The minimum atomic E-state index is -0.658. The molecule has 0 fully saturated rings. The van der Waals surface area contributed by atoms with Crippen molar-refractivity contribution >= 4 is 11.9 Å². The smallest absolute Gasteiger partial charge is 0.335 e. The molecule has 0 radical (unpaired) electrons. The number of carbonyl (C=O) groups excluding carboxylic acids is 2. The van der Waals surface area contributed by atoms with E-state index in [1.165, 1.54) is 6.20 Å². The van der Waals surface area contributed by atoms with Gasteiger partial charge in [0.25, 0.3) is 5.91 Å². The molecule has 2 rings (SSSR count). The molecule has 1 aromatic carbocycles. The molecule has 0 spiro atoms. The number of pyridine rings is 1. The van der Waals surface area contributed by atoms with Crippen molar-refractivity contribution in [3.8, 4) is 0 Å². The number of nitrogens with one attached hydrogen (secondary N) is 1. The molecular formula is C14H12N2O3. The summed E-state index contributed by atoms with van der Waals surface area (Å²) in [4.78, 5) is 31.8. The van der Waals surface area contributed by atoms with Crippen LogP contribution in [0.15, 0.2) is 48.8 Å². The minimum absolute atomic E-state index is 0.270. The Balaban J connectivity index is 1.96. The van der Waals surface area contributed by atoms with E-state index >= 15 is 0 Å². The first kappa shape index (κ1) is 12.8. The lowest BCUT2D eigenvalue weighted by Gasteiger charge is -2.05. The Bertz CT molecular complexity index is 597. The zero-order chi connectivity index (χ0) is 13.7. The van der Waals surface area contributed by atoms with E-state index in [1.54, 1.807) is 36.5 Å². The van der Waals surface area contributed by atoms with Gasteiger partial charge in [0.2, 0.25) is 0 Å². The molecule has 5 nitrogen and oxygen atoms in total. The van der Waals surface area contributed by atoms with Crippen LogP contribution in [0.4, 0.5) is 0 Å². The van der Waals surface area contributed by atoms with Gasteiger partial charge in [0.1, 0.15) is 0 Å². The molecule has 0 aliphatic heterocycles. The first-order valence-corrected chi connectivity index (χ1v) is 5.65. The monoisotopic (exact) mass is 256 g/mol. The van der Waals surface area contributed by atoms with Gasteiger partial charge in [-0.25, -0.2) is 4.79 Å². The number of carbonyl (C=O) groups is 2. The van der Waals surface area contributed by atoms with Gasteiger partial charge in [-0.05, 0) is 31.2 Å². The molecule has 1 N–H and O–H groups in total. The Morgan fingerprint density at radius 2 is 1.95 bits per heavy atom. The van der Waals surface area contributed by atoms with E-state index in [2.05, 4.69) is 10.5 Å². The van der Waals surface area contributed by atoms with Gasteiger partial charge < -0.3 is 4.84 Å². The van der Waals surface area contributed by atoms with E-state index in [1.807, 2.05) is 13.0 Å². The van der Waals surface area contributed by atoms with Gasteiger partial charge in [-0.2, -0.15) is 5.48 Å². The standard InChI is InChI=1S/C14H12N2O3/c1-10-4-2-5-11(8-10)13(17)16-19-14(18)12-6-3-7-15-9-12/h2-9H,1H3,(H,16,17). The third-order valence-electron chi connectivity index (χ3n) is 2.41. The van der Waals surface area contributed by atoms with Crippen LogP contribution in [0, 0.1) is 6.92 Å². The van der Waals surface area contributed by atoms with Gasteiger partial charge in [-0.1, -0.05) is 17.7 Å². The molecule has 0 saturated carbocycles. The van der Waals surface area contributed by atoms with Crippen molar-refractivity contribution in [1.82, 2.24) is 10.5 Å². The Labute approximate surface area is 110 Å². The van der Waals surface area contributed by atoms with Crippen LogP contribution in [0.1, 0.15) is 26.3 Å². The maximum atomic E-state index is 11.7. The molecule has 0 saturated heterocycles. The topological polar surface area (TPSA) is 68.3 Å². The zero-order valence-corrected chi connectivity index (χ0v) is 10.3. The summed E-state index contributed by atoms with van der Waals surface area (Å²) in [6.07, 6.45) is 2.91. The van der Waals surface area contributed by atoms with Crippen molar-refractivity contribution in [3.05, 3.63) is 65.5 Å². The number of amides is 1. The predicted molar refractivity (Wildman–Crippen MR) is 68.3 cm³/mol. The SMILES string of the molecule is Cc1cccc(C(=O)NOC(=O)c2cccnc2)c1. The van der Waals surface area contributed by atoms with Gasteiger partial charge in [0, 0.05) is 18.0 Å². The van der Waals surface area contributed by atoms with E-state index in [-0.39, 0.29) is 5.56 Å². The third kappa shape index (κ3) is 3.38. The molecule has 1 heterocycles. The second kappa shape index (κ2) is 5.77. The summed E-state index contributed by atoms with van der Waals surface area (Å²) in [5.74, 6) is -1.13. The fourth-order valence-corrected chi connectivity index (χ4v) is 1.48. The normalized spacial score (nSPS) is 9.74. The van der Waals surface area contributed by atoms with Gasteiger partial charge in [-0.3, -0.25) is 9.78 Å². The zero-order valence-electron chi connectivity index (χ0n) is 10.3. The summed E-state index contributed by atoms with van der Waals surface area (Å²) in [6.45, 7) is 1.87. The van der Waals surface area contributed by atoms with Crippen LogP contribution >= 0.6 is 0 Å². The molecule has 0 aliphatic carbocycles. The molecule has 5 heteroatoms. The minimum Gasteiger partial charge on any atom is -0.335 e. The first-order valence-electron chi connectivity index (χ1n) is 5.65. The van der Waals surface area contributed by atoms with Crippen LogP contribution in [0.3, 0.4) is 0 Å². The van der Waals surface area contributed by atoms with Crippen molar-refractivity contribution in [2.24, 2.45) is 0 Å². The van der Waals surface area contributed by atoms with Gasteiger partial charge >= 0.3 is 5.97 Å². The lowest BCUT2D eigenvalue weighted by atomic mass is 10.1. The van der Waals surface area contributed by atoms with E-state index < -0.39 is 11.9 Å². The number of nitrogens with zero attached hydrogens (tertiary/aromatic N) is 1. The number of hydroxylamine groups is 1. The number of hydrogen-bond acceptors (Lipinski definition) is 4. The molecule has 0 atom stereocenters. The molecular weight excluding hydrogens is 244 g/mol. The average molecular weight is 256 g/mol. The van der Waals surface area contributed by atoms with Crippen molar-refractivity contribution in [1.29, 1.82) is 0 Å². The number of benzene rings is 1. The Morgan fingerprint density at radius 3 is 2.63 bits per heavy atom. The maximum Gasteiger partial charge on any atom is 0.364 e. The van der Waals surface area contributed by atoms with Gasteiger partial charge in [0.15, 0.2) is 0 Å². The molecule has 96 valence electrons. The number of hydrogen-bond donors (Lipinski definition) is 1. The predicted octanol–water partition coefficient (Wildman–Crippen LogP) is 1.89. The lowest BCUT2D eigenvalue weighted by Crippen LogP contribution is -2.27. The first-order chi connectivity index (χ1) is 9.16. The highest BCUT2D eigenvalue weighted by atomic mass is 16.7. The van der Waals surface area contributed by atoms with Crippen molar-refractivity contribution < 1.29 is 14.4 Å². The number of aryl methyl sites for hydroxylation is 1. The second-order valence-corrected chi connectivity index (χ2v) is 3.93. The van der Waals surface area contributed by atoms with Crippen molar-refractivity contribution in [3.63, 3.8) is 0 Å². The highest BCUT2D eigenvalue weighted by molar-refractivity contribution is 5.95. The largest absolute Gasteiger partial charge is 0.364 e. The molecule has 1 aromatic heterocycles. The summed E-state index contributed by atoms with van der Waals surface area (Å²) in [7, 11) is 0. The van der Waals surface area contributed by atoms with Gasteiger partial charge in [0.05, 0.1) is 5.56 Å². The van der Waals surface area contributed by atoms with Crippen LogP contribution in [0.5, 0.6) is 0 Å². The van der Waals surface area contributed by atoms with Crippen molar-refractivity contribution in [2.75, 3.05) is 0 Å². The van der Waals surface area contributed by atoms with E-state index in [9.17, 15) is 9.59 Å². The molecule has 1 amide bonds. The Morgan fingerprint density at radius 1 is 1.16 bits per heavy atom. The maximum absolute atomic E-state index is 11.7. The molecule has 0 bridgehead atoms. The lowest BCUT2D eigenvalue weighted by molar-refractivity contribution is 0.0230. The van der Waals surface area contributed by atoms with Crippen LogP contribution in [0.25, 0.3) is 0 Å². The fraction of sp³-hybridized carbons (Fsp3) is 0.0714. The Kier molecular flexibility index (Phi) is 3.87. The van der Waals surface area contributed by atoms with Crippen LogP contribution < -0.4 is 5.48 Å². The quantitative estimate of drug-likeness (QED) is 0.833. The molecule has 19 heavy (non-hydrogen) atoms. The third-order valence-corrected chi connectivity index (χ3v) is 2.41. The van der Waals surface area contributed by atoms with Crippen molar-refractivity contribution in [2.45, 2.75) is 6.92 Å². The highest BCUT2D eigenvalue weighted by Crippen LogP contribution is 2.04. The van der Waals surface area contributed by atoms with E-state index in [0.717, 1.165) is 5.56 Å². The molecule has 0 aliphatic rings. The van der Waals surface area contributed by atoms with Crippen LogP contribution in [-0.4, -0.2) is 16.9 Å². The van der Waals surface area contributed by atoms with E-state index in [0.29, 0.717) is 5.56 Å². The van der Waals surface area contributed by atoms with Gasteiger partial charge in [-0.15, -0.1) is 0 Å². The number of aromatic nitrogens is 1.